The van der Waals surface area contributed by atoms with Crippen molar-refractivity contribution in [3.05, 3.63) is 33.8 Å². The number of thioether (sulfide) groups is 1. The summed E-state index contributed by atoms with van der Waals surface area (Å²) in [6, 6.07) is 7.13. The molecule has 1 unspecified atom stereocenters. The first-order valence-electron chi connectivity index (χ1n) is 6.92. The van der Waals surface area contributed by atoms with Gasteiger partial charge in [-0.3, -0.25) is 0 Å². The Bertz CT molecular complexity index is 409. The van der Waals surface area contributed by atoms with Gasteiger partial charge in [-0.2, -0.15) is 11.8 Å². The van der Waals surface area contributed by atoms with E-state index in [4.69, 9.17) is 0 Å². The van der Waals surface area contributed by atoms with Crippen LogP contribution in [0, 0.1) is 0 Å². The highest BCUT2D eigenvalue weighted by Crippen LogP contribution is 2.38. The Hall–Kier alpha value is 0.01000. The van der Waals surface area contributed by atoms with Crippen LogP contribution in [0.1, 0.15) is 42.2 Å². The quantitative estimate of drug-likeness (QED) is 0.877. The van der Waals surface area contributed by atoms with Crippen molar-refractivity contribution in [2.75, 3.05) is 24.6 Å². The Balaban J connectivity index is 1.79. The lowest BCUT2D eigenvalue weighted by atomic mass is 9.88. The third-order valence-electron chi connectivity index (χ3n) is 4.20. The topological polar surface area (TPSA) is 12.0 Å². The molecule has 0 aliphatic carbocycles. The van der Waals surface area contributed by atoms with Crippen molar-refractivity contribution in [2.24, 2.45) is 0 Å². The van der Waals surface area contributed by atoms with Gasteiger partial charge in [0.1, 0.15) is 0 Å². The standard InChI is InChI=1S/C15H20BrNS/c16-15-9-12(11-3-6-17-7-4-11)1-2-14(15)13-5-8-18-10-13/h1-2,9,11,13,17H,3-8,10H2. The monoisotopic (exact) mass is 325 g/mol. The van der Waals surface area contributed by atoms with Crippen LogP contribution in [0.3, 0.4) is 0 Å². The van der Waals surface area contributed by atoms with Gasteiger partial charge in [-0.25, -0.2) is 0 Å². The molecule has 2 aliphatic heterocycles. The summed E-state index contributed by atoms with van der Waals surface area (Å²) < 4.78 is 1.34. The van der Waals surface area contributed by atoms with E-state index in [1.165, 1.54) is 59.5 Å². The minimum absolute atomic E-state index is 0.759. The summed E-state index contributed by atoms with van der Waals surface area (Å²) in [6.45, 7) is 2.34. The van der Waals surface area contributed by atoms with Crippen LogP contribution in [0.25, 0.3) is 0 Å². The molecule has 18 heavy (non-hydrogen) atoms. The number of halogens is 1. The summed E-state index contributed by atoms with van der Waals surface area (Å²) in [4.78, 5) is 0. The molecule has 1 N–H and O–H groups in total. The molecule has 2 heterocycles. The average Bonchev–Trinajstić information content (AvgIpc) is 2.93. The van der Waals surface area contributed by atoms with Gasteiger partial charge in [-0.05, 0) is 67.1 Å². The fourth-order valence-corrected chi connectivity index (χ4v) is 5.03. The highest BCUT2D eigenvalue weighted by Gasteiger charge is 2.21. The zero-order chi connectivity index (χ0) is 12.4. The molecule has 1 nitrogen and oxygen atoms in total. The molecule has 0 saturated carbocycles. The number of rotatable bonds is 2. The van der Waals surface area contributed by atoms with Crippen LogP contribution in [0.15, 0.2) is 22.7 Å². The Morgan fingerprint density at radius 3 is 2.61 bits per heavy atom. The first-order chi connectivity index (χ1) is 8.84. The van der Waals surface area contributed by atoms with Gasteiger partial charge < -0.3 is 5.32 Å². The van der Waals surface area contributed by atoms with E-state index < -0.39 is 0 Å². The van der Waals surface area contributed by atoms with Crippen LogP contribution < -0.4 is 5.32 Å². The van der Waals surface area contributed by atoms with Crippen molar-refractivity contribution >= 4 is 27.7 Å². The van der Waals surface area contributed by atoms with E-state index >= 15 is 0 Å². The molecule has 0 spiro atoms. The van der Waals surface area contributed by atoms with Crippen molar-refractivity contribution in [1.29, 1.82) is 0 Å². The predicted molar refractivity (Wildman–Crippen MR) is 83.7 cm³/mol. The van der Waals surface area contributed by atoms with Crippen molar-refractivity contribution in [2.45, 2.75) is 31.1 Å². The molecule has 0 aromatic heterocycles. The minimum atomic E-state index is 0.759. The normalized spacial score (nSPS) is 25.5. The number of benzene rings is 1. The highest BCUT2D eigenvalue weighted by molar-refractivity contribution is 9.10. The van der Waals surface area contributed by atoms with E-state index in [-0.39, 0.29) is 0 Å². The van der Waals surface area contributed by atoms with Gasteiger partial charge in [0.25, 0.3) is 0 Å². The van der Waals surface area contributed by atoms with Crippen molar-refractivity contribution in [3.63, 3.8) is 0 Å². The lowest BCUT2D eigenvalue weighted by molar-refractivity contribution is 0.460. The summed E-state index contributed by atoms with van der Waals surface area (Å²) in [5.74, 6) is 4.15. The van der Waals surface area contributed by atoms with Crippen LogP contribution >= 0.6 is 27.7 Å². The molecule has 1 aromatic carbocycles. The SMILES string of the molecule is Brc1cc(C2CCNCC2)ccc1C1CCSC1. The lowest BCUT2D eigenvalue weighted by Gasteiger charge is -2.24. The first-order valence-corrected chi connectivity index (χ1v) is 8.87. The fourth-order valence-electron chi connectivity index (χ4n) is 3.06. The molecule has 2 saturated heterocycles. The fraction of sp³-hybridized carbons (Fsp3) is 0.600. The molecule has 3 heteroatoms. The summed E-state index contributed by atoms with van der Waals surface area (Å²) in [7, 11) is 0. The van der Waals surface area contributed by atoms with Crippen LogP contribution in [-0.4, -0.2) is 24.6 Å². The molecule has 0 amide bonds. The third kappa shape index (κ3) is 2.78. The van der Waals surface area contributed by atoms with Gasteiger partial charge in [0.05, 0.1) is 0 Å². The Morgan fingerprint density at radius 1 is 1.11 bits per heavy atom. The molecule has 0 bridgehead atoms. The van der Waals surface area contributed by atoms with Gasteiger partial charge in [0.15, 0.2) is 0 Å². The first kappa shape index (κ1) is 13.0. The molecule has 2 fully saturated rings. The number of hydrogen-bond acceptors (Lipinski definition) is 2. The van der Waals surface area contributed by atoms with E-state index in [0.29, 0.717) is 0 Å². The summed E-state index contributed by atoms with van der Waals surface area (Å²) in [5.41, 5.74) is 3.05. The smallest absolute Gasteiger partial charge is 0.0213 e. The van der Waals surface area contributed by atoms with Gasteiger partial charge in [0.2, 0.25) is 0 Å². The molecule has 1 atom stereocenters. The van der Waals surface area contributed by atoms with E-state index in [2.05, 4.69) is 51.2 Å². The maximum Gasteiger partial charge on any atom is 0.0213 e. The van der Waals surface area contributed by atoms with Crippen LogP contribution in [-0.2, 0) is 0 Å². The van der Waals surface area contributed by atoms with Crippen molar-refractivity contribution in [1.82, 2.24) is 5.32 Å². The molecular formula is C15H20BrNS. The van der Waals surface area contributed by atoms with Crippen LogP contribution in [0.4, 0.5) is 0 Å². The zero-order valence-electron chi connectivity index (χ0n) is 10.6. The lowest BCUT2D eigenvalue weighted by Crippen LogP contribution is -2.26. The Kier molecular flexibility index (Phi) is 4.32. The summed E-state index contributed by atoms with van der Waals surface area (Å²) in [6.07, 6.45) is 3.91. The third-order valence-corrected chi connectivity index (χ3v) is 6.05. The van der Waals surface area contributed by atoms with E-state index in [0.717, 1.165) is 11.8 Å². The van der Waals surface area contributed by atoms with Gasteiger partial charge in [0, 0.05) is 10.2 Å². The number of nitrogens with one attached hydrogen (secondary N) is 1. The maximum absolute atomic E-state index is 3.80. The second kappa shape index (κ2) is 5.98. The van der Waals surface area contributed by atoms with Gasteiger partial charge in [-0.15, -0.1) is 0 Å². The molecule has 98 valence electrons. The molecule has 1 aromatic rings. The van der Waals surface area contributed by atoms with Gasteiger partial charge >= 0.3 is 0 Å². The Morgan fingerprint density at radius 2 is 1.94 bits per heavy atom. The molecule has 2 aliphatic rings. The van der Waals surface area contributed by atoms with E-state index in [9.17, 15) is 0 Å². The van der Waals surface area contributed by atoms with Crippen LogP contribution in [0.5, 0.6) is 0 Å². The molecule has 3 rings (SSSR count). The number of piperidine rings is 1. The van der Waals surface area contributed by atoms with Gasteiger partial charge in [-0.1, -0.05) is 28.1 Å². The zero-order valence-corrected chi connectivity index (χ0v) is 13.0. The summed E-state index contributed by atoms with van der Waals surface area (Å²) in [5, 5.41) is 3.44. The average molecular weight is 326 g/mol. The van der Waals surface area contributed by atoms with Crippen molar-refractivity contribution in [3.8, 4) is 0 Å². The second-order valence-corrected chi connectivity index (χ2v) is 7.37. The highest BCUT2D eigenvalue weighted by atomic mass is 79.9. The largest absolute Gasteiger partial charge is 0.317 e. The Labute approximate surface area is 122 Å². The van der Waals surface area contributed by atoms with Crippen LogP contribution in [0.2, 0.25) is 0 Å². The minimum Gasteiger partial charge on any atom is -0.317 e. The van der Waals surface area contributed by atoms with E-state index in [1.807, 2.05) is 0 Å². The second-order valence-electron chi connectivity index (χ2n) is 5.37. The maximum atomic E-state index is 3.80. The molecular weight excluding hydrogens is 306 g/mol. The van der Waals surface area contributed by atoms with Crippen molar-refractivity contribution < 1.29 is 0 Å². The molecule has 0 radical (unpaired) electrons. The summed E-state index contributed by atoms with van der Waals surface area (Å²) >= 11 is 5.89. The number of hydrogen-bond donors (Lipinski definition) is 1. The van der Waals surface area contributed by atoms with E-state index in [1.54, 1.807) is 0 Å². The predicted octanol–water partition coefficient (Wildman–Crippen LogP) is 4.14.